The molecule has 0 aromatic rings. The Labute approximate surface area is 275 Å². The number of hydrogen-bond donors (Lipinski definition) is 0. The van der Waals surface area contributed by atoms with Crippen molar-refractivity contribution in [3.63, 3.8) is 0 Å². The maximum atomic E-state index is 10.7. The van der Waals surface area contributed by atoms with Crippen LogP contribution in [0.25, 0.3) is 0 Å². The van der Waals surface area contributed by atoms with Gasteiger partial charge < -0.3 is 14.4 Å². The molecule has 0 heterocycles. The number of rotatable bonds is 31. The molecule has 0 bridgehead atoms. The van der Waals surface area contributed by atoms with Gasteiger partial charge in [-0.15, -0.1) is 47.0 Å². The summed E-state index contributed by atoms with van der Waals surface area (Å²) in [6, 6.07) is 0. The lowest BCUT2D eigenvalue weighted by Crippen LogP contribution is -2.24. The molecule has 0 atom stereocenters. The summed E-state index contributed by atoms with van der Waals surface area (Å²) in [4.78, 5) is 28.1. The number of amides is 2. The Hall–Kier alpha value is -0.260. The maximum absolute atomic E-state index is 10.7. The zero-order chi connectivity index (χ0) is 31.3. The first-order valence-corrected chi connectivity index (χ1v) is 20.2. The minimum absolute atomic E-state index is 0.543. The van der Waals surface area contributed by atoms with E-state index in [1.54, 1.807) is 14.2 Å². The van der Waals surface area contributed by atoms with Gasteiger partial charge in [-0.3, -0.25) is 14.5 Å². The predicted molar refractivity (Wildman–Crippen MR) is 191 cm³/mol. The molecule has 0 saturated carbocycles. The number of nitrogens with zero attached hydrogens (tertiary/aromatic N) is 2. The molecule has 0 aliphatic heterocycles. The molecule has 42 heavy (non-hydrogen) atoms. The predicted octanol–water partition coefficient (Wildman–Crippen LogP) is 9.23. The van der Waals surface area contributed by atoms with Gasteiger partial charge in [-0.2, -0.15) is 0 Å². The average molecular weight is 665 g/mol. The molecular weight excluding hydrogens is 605 g/mol. The van der Waals surface area contributed by atoms with E-state index in [9.17, 15) is 9.59 Å². The van der Waals surface area contributed by atoms with Crippen LogP contribution in [0.15, 0.2) is 19.9 Å². The second kappa shape index (κ2) is 30.8. The van der Waals surface area contributed by atoms with Gasteiger partial charge in [-0.05, 0) is 49.7 Å². The van der Waals surface area contributed by atoms with Crippen molar-refractivity contribution < 1.29 is 19.1 Å². The van der Waals surface area contributed by atoms with Crippen molar-refractivity contribution in [2.24, 2.45) is 0 Å². The Morgan fingerprint density at radius 1 is 0.619 bits per heavy atom. The summed E-state index contributed by atoms with van der Waals surface area (Å²) < 4.78 is 11.0. The van der Waals surface area contributed by atoms with Crippen LogP contribution in [0.1, 0.15) is 104 Å². The first-order chi connectivity index (χ1) is 20.6. The van der Waals surface area contributed by atoms with E-state index in [0.29, 0.717) is 19.4 Å². The Bertz CT molecular complexity index is 671. The Morgan fingerprint density at radius 2 is 1.00 bits per heavy atom. The summed E-state index contributed by atoms with van der Waals surface area (Å²) in [5.41, 5.74) is 0. The van der Waals surface area contributed by atoms with Gasteiger partial charge in [0.25, 0.3) is 0 Å². The third kappa shape index (κ3) is 19.9. The smallest absolute Gasteiger partial charge is 0.216 e. The van der Waals surface area contributed by atoms with Crippen LogP contribution in [0.4, 0.5) is 0 Å². The minimum Gasteiger partial charge on any atom is -0.384 e. The molecule has 0 spiro atoms. The van der Waals surface area contributed by atoms with Crippen molar-refractivity contribution in [1.29, 1.82) is 0 Å². The van der Waals surface area contributed by atoms with E-state index in [-0.39, 0.29) is 0 Å². The summed E-state index contributed by atoms with van der Waals surface area (Å²) >= 11 is 7.78. The van der Waals surface area contributed by atoms with E-state index in [1.165, 1.54) is 89.0 Å². The molecule has 0 aromatic carbocycles. The van der Waals surface area contributed by atoms with Crippen LogP contribution in [-0.2, 0) is 19.1 Å². The van der Waals surface area contributed by atoms with Gasteiger partial charge in [0.15, 0.2) is 0 Å². The van der Waals surface area contributed by atoms with Crippen molar-refractivity contribution in [3.8, 4) is 0 Å². The highest BCUT2D eigenvalue weighted by atomic mass is 32.2. The molecular formula is C32H60N2O4S4. The molecule has 0 saturated heterocycles. The zero-order valence-corrected chi connectivity index (χ0v) is 30.7. The lowest BCUT2D eigenvalue weighted by molar-refractivity contribution is -0.129. The summed E-state index contributed by atoms with van der Waals surface area (Å²) in [5.74, 6) is 2.26. The quantitative estimate of drug-likeness (QED) is 0.0533. The van der Waals surface area contributed by atoms with Crippen LogP contribution in [0.2, 0.25) is 0 Å². The second-order valence-electron chi connectivity index (χ2n) is 10.2. The third-order valence-corrected chi connectivity index (χ3v) is 11.4. The van der Waals surface area contributed by atoms with Gasteiger partial charge in [-0.25, -0.2) is 0 Å². The average Bonchev–Trinajstić information content (AvgIpc) is 3.01. The highest BCUT2D eigenvalue weighted by Crippen LogP contribution is 2.40. The largest absolute Gasteiger partial charge is 0.384 e. The van der Waals surface area contributed by atoms with E-state index in [2.05, 4.69) is 31.3 Å². The molecule has 10 heteroatoms. The van der Waals surface area contributed by atoms with Crippen molar-refractivity contribution in [1.82, 2.24) is 9.80 Å². The van der Waals surface area contributed by atoms with E-state index >= 15 is 0 Å². The second-order valence-corrected chi connectivity index (χ2v) is 14.2. The third-order valence-electron chi connectivity index (χ3n) is 6.70. The fourth-order valence-corrected chi connectivity index (χ4v) is 8.68. The molecule has 0 aromatic heterocycles. The topological polar surface area (TPSA) is 59.1 Å². The van der Waals surface area contributed by atoms with Gasteiger partial charge in [-0.1, -0.05) is 65.2 Å². The van der Waals surface area contributed by atoms with Crippen LogP contribution in [-0.4, -0.2) is 87.2 Å². The summed E-state index contributed by atoms with van der Waals surface area (Å²) in [6.07, 6.45) is 21.9. The molecule has 6 nitrogen and oxygen atoms in total. The van der Waals surface area contributed by atoms with Crippen LogP contribution >= 0.6 is 47.0 Å². The van der Waals surface area contributed by atoms with E-state index in [4.69, 9.17) is 9.47 Å². The number of carbonyl (C=O) groups excluding carboxylic acids is 2. The maximum Gasteiger partial charge on any atom is 0.216 e. The number of unbranched alkanes of at least 4 members (excludes halogenated alkanes) is 9. The Balaban J connectivity index is 5.31. The lowest BCUT2D eigenvalue weighted by atomic mass is 10.1. The van der Waals surface area contributed by atoms with E-state index in [1.807, 2.05) is 47.0 Å². The molecule has 0 unspecified atom stereocenters. The number of methoxy groups -OCH3 is 2. The first-order valence-electron chi connectivity index (χ1n) is 15.8. The Morgan fingerprint density at radius 3 is 1.33 bits per heavy atom. The van der Waals surface area contributed by atoms with Crippen LogP contribution in [0.3, 0.4) is 0 Å². The van der Waals surface area contributed by atoms with Gasteiger partial charge in [0.1, 0.15) is 0 Å². The number of ether oxygens (including phenoxy) is 2. The first kappa shape index (κ1) is 41.7. The SMILES string of the molecule is CCCS/C(CCOC)=C(/SC)N(CCCCCCCCCCCCN(C=O)C=O)/C(SC)=C(/CCOC)SCCC. The molecule has 246 valence electrons. The van der Waals surface area contributed by atoms with Gasteiger partial charge in [0.2, 0.25) is 12.8 Å². The molecule has 0 rings (SSSR count). The van der Waals surface area contributed by atoms with Gasteiger partial charge >= 0.3 is 0 Å². The summed E-state index contributed by atoms with van der Waals surface area (Å²) in [6.45, 7) is 7.60. The van der Waals surface area contributed by atoms with Gasteiger partial charge in [0, 0.05) is 50.0 Å². The fourth-order valence-electron chi connectivity index (χ4n) is 4.47. The number of carbonyl (C=O) groups is 2. The molecule has 0 aliphatic rings. The van der Waals surface area contributed by atoms with Crippen molar-refractivity contribution >= 4 is 59.9 Å². The van der Waals surface area contributed by atoms with E-state index < -0.39 is 0 Å². The standard InChI is InChI=1S/C32H60N2O4S4/c1-7-25-41-29(19-23-37-3)31(39-5)34(32(40-6)30(20-24-38-4)42-26-8-2)22-18-16-14-12-10-9-11-13-15-17-21-33(27-35)28-36/h27-28H,7-26H2,1-6H3/b31-29+,32-30+. The monoisotopic (exact) mass is 664 g/mol. The molecule has 2 amide bonds. The molecule has 0 radical (unpaired) electrons. The van der Waals surface area contributed by atoms with Crippen molar-refractivity contribution in [2.45, 2.75) is 104 Å². The highest BCUT2D eigenvalue weighted by molar-refractivity contribution is 8.07. The number of imide groups is 1. The zero-order valence-electron chi connectivity index (χ0n) is 27.5. The van der Waals surface area contributed by atoms with Gasteiger partial charge in [0.05, 0.1) is 23.3 Å². The van der Waals surface area contributed by atoms with Crippen molar-refractivity contribution in [2.75, 3.05) is 64.5 Å². The minimum atomic E-state index is 0.543. The lowest BCUT2D eigenvalue weighted by Gasteiger charge is -2.32. The number of thioether (sulfide) groups is 4. The van der Waals surface area contributed by atoms with Crippen LogP contribution < -0.4 is 0 Å². The Kier molecular flexibility index (Phi) is 30.6. The van der Waals surface area contributed by atoms with Crippen molar-refractivity contribution in [3.05, 3.63) is 19.9 Å². The van der Waals surface area contributed by atoms with Crippen LogP contribution in [0.5, 0.6) is 0 Å². The summed E-state index contributed by atoms with van der Waals surface area (Å²) in [7, 11) is 3.60. The normalized spacial score (nSPS) is 12.6. The molecule has 0 aliphatic carbocycles. The highest BCUT2D eigenvalue weighted by Gasteiger charge is 2.22. The van der Waals surface area contributed by atoms with Crippen LogP contribution in [0, 0.1) is 0 Å². The molecule has 0 fully saturated rings. The number of hydrogen-bond acceptors (Lipinski definition) is 9. The van der Waals surface area contributed by atoms with E-state index in [0.717, 1.165) is 56.9 Å². The summed E-state index contributed by atoms with van der Waals surface area (Å²) in [5, 5.41) is 2.79. The fraction of sp³-hybridized carbons (Fsp3) is 0.812. The molecule has 0 N–H and O–H groups in total.